The van der Waals surface area contributed by atoms with Gasteiger partial charge in [0.25, 0.3) is 0 Å². The highest BCUT2D eigenvalue weighted by Crippen LogP contribution is 2.28. The summed E-state index contributed by atoms with van der Waals surface area (Å²) in [6.45, 7) is 7.72. The number of carbonyl (C=O) groups excluding carboxylic acids is 1. The van der Waals surface area contributed by atoms with Gasteiger partial charge in [-0.3, -0.25) is 19.8 Å². The standard InChI is InChI=1S/C21H19N5O/c1-22-18-6-4-15(5-7-18)13-17-3-2-12-26(21(17)27)20-14-19(24-25-20)16-8-10-23-11-9-16/h4-11,14,17H,2-3,12-13H2,(H,24,25)/t17-/m1/s1. The van der Waals surface area contributed by atoms with E-state index in [4.69, 9.17) is 6.57 Å². The SMILES string of the molecule is [C-]#[N+]c1ccc(C[C@H]2CCCN(c3cc(-c4ccncc4)[nH]n3)C2=O)cc1. The first-order valence-electron chi connectivity index (χ1n) is 8.98. The number of anilines is 1. The second-order valence-corrected chi connectivity index (χ2v) is 6.69. The van der Waals surface area contributed by atoms with Gasteiger partial charge in [-0.1, -0.05) is 24.3 Å². The molecule has 1 aliphatic heterocycles. The van der Waals surface area contributed by atoms with Gasteiger partial charge in [-0.25, -0.2) is 4.85 Å². The van der Waals surface area contributed by atoms with Crippen LogP contribution in [0.1, 0.15) is 18.4 Å². The van der Waals surface area contributed by atoms with Crippen molar-refractivity contribution in [2.45, 2.75) is 19.3 Å². The maximum atomic E-state index is 13.0. The molecule has 134 valence electrons. The van der Waals surface area contributed by atoms with Gasteiger partial charge >= 0.3 is 0 Å². The highest BCUT2D eigenvalue weighted by Gasteiger charge is 2.31. The first kappa shape index (κ1) is 17.0. The summed E-state index contributed by atoms with van der Waals surface area (Å²) in [6, 6.07) is 13.2. The lowest BCUT2D eigenvalue weighted by Crippen LogP contribution is -2.42. The third kappa shape index (κ3) is 3.58. The highest BCUT2D eigenvalue weighted by molar-refractivity contribution is 5.95. The Morgan fingerprint density at radius 3 is 2.70 bits per heavy atom. The number of hydrogen-bond donors (Lipinski definition) is 1. The summed E-state index contributed by atoms with van der Waals surface area (Å²) in [5.41, 5.74) is 3.57. The van der Waals surface area contributed by atoms with Gasteiger partial charge in [0, 0.05) is 36.5 Å². The van der Waals surface area contributed by atoms with E-state index in [-0.39, 0.29) is 11.8 Å². The Morgan fingerprint density at radius 2 is 1.96 bits per heavy atom. The molecule has 0 aliphatic carbocycles. The predicted molar refractivity (Wildman–Crippen MR) is 103 cm³/mol. The van der Waals surface area contributed by atoms with Gasteiger partial charge in [0.2, 0.25) is 5.91 Å². The second kappa shape index (κ2) is 7.42. The number of benzene rings is 1. The molecule has 0 bridgehead atoms. The van der Waals surface area contributed by atoms with Crippen molar-refractivity contribution in [2.24, 2.45) is 5.92 Å². The number of piperidine rings is 1. The van der Waals surface area contributed by atoms with Crippen molar-refractivity contribution in [3.8, 4) is 11.3 Å². The molecule has 3 heterocycles. The number of hydrogen-bond acceptors (Lipinski definition) is 3. The fraction of sp³-hybridized carbons (Fsp3) is 0.238. The molecule has 1 aliphatic rings. The lowest BCUT2D eigenvalue weighted by molar-refractivity contribution is -0.123. The first-order valence-corrected chi connectivity index (χ1v) is 8.98. The van der Waals surface area contributed by atoms with Crippen LogP contribution in [0.25, 0.3) is 16.1 Å². The molecule has 3 aromatic rings. The Hall–Kier alpha value is -3.46. The molecule has 1 N–H and O–H groups in total. The van der Waals surface area contributed by atoms with Crippen LogP contribution in [0.4, 0.5) is 11.5 Å². The van der Waals surface area contributed by atoms with Gasteiger partial charge in [0.15, 0.2) is 11.5 Å². The molecule has 0 spiro atoms. The van der Waals surface area contributed by atoms with Gasteiger partial charge in [0.1, 0.15) is 0 Å². The van der Waals surface area contributed by atoms with Crippen LogP contribution in [-0.2, 0) is 11.2 Å². The monoisotopic (exact) mass is 357 g/mol. The molecule has 1 fully saturated rings. The topological polar surface area (TPSA) is 66.2 Å². The van der Waals surface area contributed by atoms with Crippen LogP contribution in [0.5, 0.6) is 0 Å². The van der Waals surface area contributed by atoms with Gasteiger partial charge in [-0.2, -0.15) is 5.10 Å². The Labute approximate surface area is 157 Å². The Bertz CT molecular complexity index is 972. The zero-order valence-electron chi connectivity index (χ0n) is 14.8. The fourth-order valence-electron chi connectivity index (χ4n) is 3.49. The number of nitrogens with one attached hydrogen (secondary N) is 1. The number of amides is 1. The molecule has 0 radical (unpaired) electrons. The quantitative estimate of drug-likeness (QED) is 0.718. The van der Waals surface area contributed by atoms with Crippen molar-refractivity contribution in [3.05, 3.63) is 71.8 Å². The fourth-order valence-corrected chi connectivity index (χ4v) is 3.49. The van der Waals surface area contributed by atoms with E-state index in [9.17, 15) is 4.79 Å². The van der Waals surface area contributed by atoms with Crippen LogP contribution < -0.4 is 4.90 Å². The van der Waals surface area contributed by atoms with Crippen LogP contribution in [0.3, 0.4) is 0 Å². The number of pyridine rings is 1. The van der Waals surface area contributed by atoms with Crippen molar-refractivity contribution < 1.29 is 4.79 Å². The average molecular weight is 357 g/mol. The van der Waals surface area contributed by atoms with E-state index in [1.54, 1.807) is 17.3 Å². The largest absolute Gasteiger partial charge is 0.295 e. The van der Waals surface area contributed by atoms with E-state index in [1.807, 2.05) is 42.5 Å². The minimum Gasteiger partial charge on any atom is -0.295 e. The van der Waals surface area contributed by atoms with Crippen LogP contribution in [0.15, 0.2) is 54.9 Å². The molecule has 1 aromatic carbocycles. The summed E-state index contributed by atoms with van der Waals surface area (Å²) in [5, 5.41) is 7.37. The Balaban J connectivity index is 1.50. The minimum absolute atomic E-state index is 0.0568. The van der Waals surface area contributed by atoms with Gasteiger partial charge in [0.05, 0.1) is 12.3 Å². The summed E-state index contributed by atoms with van der Waals surface area (Å²) in [7, 11) is 0. The van der Waals surface area contributed by atoms with E-state index < -0.39 is 0 Å². The molecule has 1 saturated heterocycles. The van der Waals surface area contributed by atoms with Gasteiger partial charge in [-0.05, 0) is 37.0 Å². The van der Waals surface area contributed by atoms with E-state index >= 15 is 0 Å². The summed E-state index contributed by atoms with van der Waals surface area (Å²) >= 11 is 0. The number of aromatic nitrogens is 3. The first-order chi connectivity index (χ1) is 13.2. The lowest BCUT2D eigenvalue weighted by Gasteiger charge is -2.30. The van der Waals surface area contributed by atoms with Crippen molar-refractivity contribution >= 4 is 17.4 Å². The smallest absolute Gasteiger partial charge is 0.231 e. The molecule has 27 heavy (non-hydrogen) atoms. The number of carbonyl (C=O) groups is 1. The summed E-state index contributed by atoms with van der Waals surface area (Å²) in [6.07, 6.45) is 5.99. The number of rotatable bonds is 4. The summed E-state index contributed by atoms with van der Waals surface area (Å²) < 4.78 is 0. The lowest BCUT2D eigenvalue weighted by atomic mass is 9.90. The second-order valence-electron chi connectivity index (χ2n) is 6.69. The molecule has 4 rings (SSSR count). The maximum absolute atomic E-state index is 13.0. The number of H-pyrrole nitrogens is 1. The number of nitrogens with zero attached hydrogens (tertiary/aromatic N) is 4. The molecule has 6 heteroatoms. The van der Waals surface area contributed by atoms with E-state index in [2.05, 4.69) is 20.0 Å². The molecular weight excluding hydrogens is 338 g/mol. The zero-order valence-corrected chi connectivity index (χ0v) is 14.8. The van der Waals surface area contributed by atoms with Crippen molar-refractivity contribution in [2.75, 3.05) is 11.4 Å². The minimum atomic E-state index is -0.0568. The Kier molecular flexibility index (Phi) is 4.67. The number of aromatic amines is 1. The molecule has 0 unspecified atom stereocenters. The van der Waals surface area contributed by atoms with E-state index in [0.29, 0.717) is 24.5 Å². The molecule has 0 saturated carbocycles. The van der Waals surface area contributed by atoms with Crippen LogP contribution in [-0.4, -0.2) is 27.6 Å². The molecule has 1 atom stereocenters. The van der Waals surface area contributed by atoms with Crippen molar-refractivity contribution in [1.82, 2.24) is 15.2 Å². The third-order valence-electron chi connectivity index (χ3n) is 4.93. The van der Waals surface area contributed by atoms with Crippen LogP contribution >= 0.6 is 0 Å². The molecular formula is C21H19N5O. The van der Waals surface area contributed by atoms with Crippen molar-refractivity contribution in [1.29, 1.82) is 0 Å². The van der Waals surface area contributed by atoms with E-state index in [1.165, 1.54) is 0 Å². The molecule has 1 amide bonds. The molecule has 6 nitrogen and oxygen atoms in total. The average Bonchev–Trinajstić information content (AvgIpc) is 3.21. The van der Waals surface area contributed by atoms with Gasteiger partial charge in [-0.15, -0.1) is 0 Å². The Morgan fingerprint density at radius 1 is 1.19 bits per heavy atom. The predicted octanol–water partition coefficient (Wildman–Crippen LogP) is 4.01. The van der Waals surface area contributed by atoms with Crippen LogP contribution in [0, 0.1) is 12.5 Å². The maximum Gasteiger partial charge on any atom is 0.231 e. The van der Waals surface area contributed by atoms with Crippen molar-refractivity contribution in [3.63, 3.8) is 0 Å². The highest BCUT2D eigenvalue weighted by atomic mass is 16.2. The van der Waals surface area contributed by atoms with E-state index in [0.717, 1.165) is 29.7 Å². The van der Waals surface area contributed by atoms with Crippen LogP contribution in [0.2, 0.25) is 0 Å². The third-order valence-corrected chi connectivity index (χ3v) is 4.93. The van der Waals surface area contributed by atoms with Gasteiger partial charge < -0.3 is 0 Å². The zero-order chi connectivity index (χ0) is 18.6. The molecule has 2 aromatic heterocycles. The normalized spacial score (nSPS) is 16.9. The summed E-state index contributed by atoms with van der Waals surface area (Å²) in [5.74, 6) is 0.724. The summed E-state index contributed by atoms with van der Waals surface area (Å²) in [4.78, 5) is 22.2.